The average Bonchev–Trinajstić information content (AvgIpc) is 2.72. The Balaban J connectivity index is 1.92. The van der Waals surface area contributed by atoms with Crippen molar-refractivity contribution in [2.24, 2.45) is 5.41 Å². The highest BCUT2D eigenvalue weighted by atomic mass is 16.6. The number of ether oxygens (including phenoxy) is 1. The predicted octanol–water partition coefficient (Wildman–Crippen LogP) is 2.16. The number of carbonyl (C=O) groups is 1. The van der Waals surface area contributed by atoms with Crippen LogP contribution in [0.3, 0.4) is 0 Å². The van der Waals surface area contributed by atoms with Gasteiger partial charge in [-0.3, -0.25) is 0 Å². The molecule has 0 aromatic heterocycles. The molecule has 17 heavy (non-hydrogen) atoms. The third kappa shape index (κ3) is 2.92. The Hall–Kier alpha value is -0.770. The zero-order chi connectivity index (χ0) is 12.7. The highest BCUT2D eigenvalue weighted by Crippen LogP contribution is 2.45. The predicted molar refractivity (Wildman–Crippen MR) is 64.7 cm³/mol. The summed E-state index contributed by atoms with van der Waals surface area (Å²) in [5, 5.41) is 9.63. The molecule has 4 heteroatoms. The normalized spacial score (nSPS) is 33.4. The molecule has 0 aromatic rings. The second-order valence-corrected chi connectivity index (χ2v) is 6.55. The number of carbonyl (C=O) groups excluding carboxylic acids is 1. The molecular weight excluding hydrogens is 218 g/mol. The molecule has 1 amide bonds. The van der Waals surface area contributed by atoms with Gasteiger partial charge in [-0.15, -0.1) is 0 Å². The lowest BCUT2D eigenvalue weighted by Gasteiger charge is -2.26. The first-order valence-electron chi connectivity index (χ1n) is 6.46. The van der Waals surface area contributed by atoms with Crippen LogP contribution in [0.25, 0.3) is 0 Å². The summed E-state index contributed by atoms with van der Waals surface area (Å²) in [4.78, 5) is 13.7. The van der Waals surface area contributed by atoms with Crippen molar-refractivity contribution in [3.05, 3.63) is 0 Å². The second-order valence-electron chi connectivity index (χ2n) is 6.55. The molecule has 1 aliphatic heterocycles. The maximum Gasteiger partial charge on any atom is 0.410 e. The van der Waals surface area contributed by atoms with E-state index in [-0.39, 0.29) is 17.6 Å². The first-order chi connectivity index (χ1) is 7.80. The quantitative estimate of drug-likeness (QED) is 0.707. The van der Waals surface area contributed by atoms with Gasteiger partial charge in [-0.05, 0) is 51.9 Å². The third-order valence-corrected chi connectivity index (χ3v) is 3.77. The summed E-state index contributed by atoms with van der Waals surface area (Å²) in [5.74, 6) is 0. The third-order valence-electron chi connectivity index (χ3n) is 3.77. The number of amides is 1. The van der Waals surface area contributed by atoms with E-state index in [1.807, 2.05) is 20.8 Å². The van der Waals surface area contributed by atoms with E-state index in [0.29, 0.717) is 0 Å². The van der Waals surface area contributed by atoms with E-state index in [4.69, 9.17) is 4.74 Å². The lowest BCUT2D eigenvalue weighted by molar-refractivity contribution is 0.0270. The smallest absolute Gasteiger partial charge is 0.410 e. The van der Waals surface area contributed by atoms with Gasteiger partial charge in [0.05, 0.1) is 6.10 Å². The molecule has 2 atom stereocenters. The van der Waals surface area contributed by atoms with Crippen LogP contribution in [-0.2, 0) is 4.74 Å². The van der Waals surface area contributed by atoms with Crippen LogP contribution in [0.5, 0.6) is 0 Å². The van der Waals surface area contributed by atoms with E-state index in [0.717, 1.165) is 38.8 Å². The van der Waals surface area contributed by atoms with E-state index < -0.39 is 5.60 Å². The number of aliphatic hydroxyl groups is 1. The van der Waals surface area contributed by atoms with Gasteiger partial charge < -0.3 is 14.7 Å². The summed E-state index contributed by atoms with van der Waals surface area (Å²) in [6.07, 6.45) is 3.37. The van der Waals surface area contributed by atoms with Crippen molar-refractivity contribution in [2.45, 2.75) is 58.2 Å². The van der Waals surface area contributed by atoms with Crippen molar-refractivity contribution in [2.75, 3.05) is 13.1 Å². The number of nitrogens with zero attached hydrogens (tertiary/aromatic N) is 1. The monoisotopic (exact) mass is 241 g/mol. The summed E-state index contributed by atoms with van der Waals surface area (Å²) in [7, 11) is 0. The van der Waals surface area contributed by atoms with Gasteiger partial charge in [0, 0.05) is 13.1 Å². The van der Waals surface area contributed by atoms with Crippen LogP contribution in [0, 0.1) is 5.41 Å². The van der Waals surface area contributed by atoms with Gasteiger partial charge in [0.1, 0.15) is 5.60 Å². The summed E-state index contributed by atoms with van der Waals surface area (Å²) >= 11 is 0. The average molecular weight is 241 g/mol. The molecule has 2 aliphatic rings. The molecule has 4 nitrogen and oxygen atoms in total. The first-order valence-corrected chi connectivity index (χ1v) is 6.46. The molecule has 1 saturated heterocycles. The number of aliphatic hydroxyl groups excluding tert-OH is 1. The topological polar surface area (TPSA) is 49.8 Å². The molecular formula is C13H23NO3. The molecule has 0 bridgehead atoms. The van der Waals surface area contributed by atoms with Crippen LogP contribution in [0.2, 0.25) is 0 Å². The van der Waals surface area contributed by atoms with Crippen molar-refractivity contribution < 1.29 is 14.6 Å². The van der Waals surface area contributed by atoms with E-state index in [2.05, 4.69) is 0 Å². The summed E-state index contributed by atoms with van der Waals surface area (Å²) < 4.78 is 5.38. The summed E-state index contributed by atoms with van der Waals surface area (Å²) in [5.41, 5.74) is -0.266. The molecule has 1 N–H and O–H groups in total. The van der Waals surface area contributed by atoms with Crippen LogP contribution in [0.15, 0.2) is 0 Å². The Morgan fingerprint density at radius 1 is 1.41 bits per heavy atom. The Bertz CT molecular complexity index is 310. The maximum absolute atomic E-state index is 11.9. The zero-order valence-corrected chi connectivity index (χ0v) is 11.0. The summed E-state index contributed by atoms with van der Waals surface area (Å²) in [6.45, 7) is 7.17. The second kappa shape index (κ2) is 4.16. The van der Waals surface area contributed by atoms with Crippen molar-refractivity contribution in [3.8, 4) is 0 Å². The fourth-order valence-electron chi connectivity index (χ4n) is 2.96. The Labute approximate surface area is 103 Å². The van der Waals surface area contributed by atoms with E-state index >= 15 is 0 Å². The summed E-state index contributed by atoms with van der Waals surface area (Å²) in [6, 6.07) is 0. The van der Waals surface area contributed by atoms with E-state index in [1.54, 1.807) is 4.90 Å². The van der Waals surface area contributed by atoms with Crippen LogP contribution < -0.4 is 0 Å². The SMILES string of the molecule is CC(C)(C)OC(=O)N1CCC2(CCC(O)C2)C1. The largest absolute Gasteiger partial charge is 0.444 e. The first kappa shape index (κ1) is 12.7. The van der Waals surface area contributed by atoms with Crippen LogP contribution in [0.1, 0.15) is 46.5 Å². The van der Waals surface area contributed by atoms with Gasteiger partial charge in [0.15, 0.2) is 0 Å². The minimum atomic E-state index is -0.429. The molecule has 1 saturated carbocycles. The molecule has 0 aromatic carbocycles. The molecule has 2 fully saturated rings. The number of rotatable bonds is 0. The van der Waals surface area contributed by atoms with Crippen molar-refractivity contribution in [3.63, 3.8) is 0 Å². The van der Waals surface area contributed by atoms with E-state index in [1.165, 1.54) is 0 Å². The van der Waals surface area contributed by atoms with Gasteiger partial charge in [0.2, 0.25) is 0 Å². The molecule has 2 rings (SSSR count). The minimum absolute atomic E-state index is 0.163. The Morgan fingerprint density at radius 3 is 2.65 bits per heavy atom. The lowest BCUT2D eigenvalue weighted by Crippen LogP contribution is -2.36. The maximum atomic E-state index is 11.9. The fraction of sp³-hybridized carbons (Fsp3) is 0.923. The van der Waals surface area contributed by atoms with Crippen LogP contribution in [0.4, 0.5) is 4.79 Å². The van der Waals surface area contributed by atoms with Gasteiger partial charge in [-0.1, -0.05) is 0 Å². The van der Waals surface area contributed by atoms with Crippen LogP contribution in [-0.4, -0.2) is 40.9 Å². The molecule has 1 heterocycles. The molecule has 98 valence electrons. The Kier molecular flexibility index (Phi) is 3.10. The van der Waals surface area contributed by atoms with Gasteiger partial charge >= 0.3 is 6.09 Å². The molecule has 1 spiro atoms. The molecule has 0 radical (unpaired) electrons. The van der Waals surface area contributed by atoms with Crippen molar-refractivity contribution in [1.29, 1.82) is 0 Å². The lowest BCUT2D eigenvalue weighted by atomic mass is 9.85. The van der Waals surface area contributed by atoms with Gasteiger partial charge in [-0.25, -0.2) is 4.79 Å². The highest BCUT2D eigenvalue weighted by Gasteiger charge is 2.45. The van der Waals surface area contributed by atoms with Crippen molar-refractivity contribution in [1.82, 2.24) is 4.90 Å². The number of likely N-dealkylation sites (tertiary alicyclic amines) is 1. The van der Waals surface area contributed by atoms with Crippen molar-refractivity contribution >= 4 is 6.09 Å². The van der Waals surface area contributed by atoms with Gasteiger partial charge in [0.25, 0.3) is 0 Å². The number of hydrogen-bond donors (Lipinski definition) is 1. The number of hydrogen-bond acceptors (Lipinski definition) is 3. The standard InChI is InChI=1S/C13H23NO3/c1-12(2,3)17-11(16)14-7-6-13(9-14)5-4-10(15)8-13/h10,15H,4-9H2,1-3H3. The van der Waals surface area contributed by atoms with Crippen LogP contribution >= 0.6 is 0 Å². The Morgan fingerprint density at radius 2 is 2.12 bits per heavy atom. The zero-order valence-electron chi connectivity index (χ0n) is 11.0. The minimum Gasteiger partial charge on any atom is -0.444 e. The fourth-order valence-corrected chi connectivity index (χ4v) is 2.96. The molecule has 2 unspecified atom stereocenters. The van der Waals surface area contributed by atoms with E-state index in [9.17, 15) is 9.90 Å². The van der Waals surface area contributed by atoms with Gasteiger partial charge in [-0.2, -0.15) is 0 Å². The molecule has 1 aliphatic carbocycles. The highest BCUT2D eigenvalue weighted by molar-refractivity contribution is 5.68.